The zero-order chi connectivity index (χ0) is 14.1. The molecular formula is C15H12ClN3O. The summed E-state index contributed by atoms with van der Waals surface area (Å²) in [5, 5.41) is 4.12. The zero-order valence-corrected chi connectivity index (χ0v) is 11.5. The molecule has 0 radical (unpaired) electrons. The number of nitrogens with zero attached hydrogens (tertiary/aromatic N) is 1. The van der Waals surface area contributed by atoms with Gasteiger partial charge >= 0.3 is 0 Å². The molecule has 100 valence electrons. The van der Waals surface area contributed by atoms with Gasteiger partial charge in [0.05, 0.1) is 0 Å². The Morgan fingerprint density at radius 1 is 1.25 bits per heavy atom. The predicted molar refractivity (Wildman–Crippen MR) is 80.2 cm³/mol. The number of H-pyrrole nitrogens is 1. The second-order valence-electron chi connectivity index (χ2n) is 4.52. The third kappa shape index (κ3) is 2.38. The van der Waals surface area contributed by atoms with Crippen LogP contribution < -0.4 is 5.32 Å². The van der Waals surface area contributed by atoms with Crippen LogP contribution in [0.5, 0.6) is 0 Å². The molecule has 1 aromatic carbocycles. The summed E-state index contributed by atoms with van der Waals surface area (Å²) in [7, 11) is 0. The first kappa shape index (κ1) is 12.7. The Morgan fingerprint density at radius 2 is 2.05 bits per heavy atom. The van der Waals surface area contributed by atoms with E-state index < -0.39 is 0 Å². The van der Waals surface area contributed by atoms with Crippen molar-refractivity contribution in [1.82, 2.24) is 9.97 Å². The summed E-state index contributed by atoms with van der Waals surface area (Å²) >= 11 is 5.83. The number of aryl methyl sites for hydroxylation is 1. The molecule has 2 N–H and O–H groups in total. The molecule has 0 atom stereocenters. The highest BCUT2D eigenvalue weighted by molar-refractivity contribution is 6.29. The van der Waals surface area contributed by atoms with Gasteiger partial charge in [0.25, 0.3) is 5.91 Å². The largest absolute Gasteiger partial charge is 0.335 e. The van der Waals surface area contributed by atoms with Crippen LogP contribution in [0.15, 0.2) is 42.5 Å². The standard InChI is InChI=1S/C15H12ClN3O/c1-9-4-2-3-5-11(9)18-15(20)12-8-10-6-7-13(16)19-14(10)17-12/h2-8H,1H3,(H,17,19)(H,18,20). The Labute approximate surface area is 120 Å². The Morgan fingerprint density at radius 3 is 2.85 bits per heavy atom. The van der Waals surface area contributed by atoms with Gasteiger partial charge in [0, 0.05) is 11.1 Å². The van der Waals surface area contributed by atoms with E-state index in [9.17, 15) is 4.79 Å². The molecule has 0 saturated heterocycles. The van der Waals surface area contributed by atoms with Crippen LogP contribution in [0.1, 0.15) is 16.1 Å². The number of fused-ring (bicyclic) bond motifs is 1. The van der Waals surface area contributed by atoms with Crippen molar-refractivity contribution in [3.8, 4) is 0 Å². The van der Waals surface area contributed by atoms with Crippen LogP contribution in [0, 0.1) is 6.92 Å². The third-order valence-electron chi connectivity index (χ3n) is 3.08. The molecule has 0 aliphatic rings. The van der Waals surface area contributed by atoms with Crippen LogP contribution in [0.2, 0.25) is 5.15 Å². The molecule has 5 heteroatoms. The molecule has 20 heavy (non-hydrogen) atoms. The van der Waals surface area contributed by atoms with Gasteiger partial charge in [-0.25, -0.2) is 4.98 Å². The molecule has 0 fully saturated rings. The fraction of sp³-hybridized carbons (Fsp3) is 0.0667. The molecule has 0 unspecified atom stereocenters. The minimum Gasteiger partial charge on any atom is -0.335 e. The minimum atomic E-state index is -0.201. The number of hydrogen-bond donors (Lipinski definition) is 2. The average molecular weight is 286 g/mol. The maximum atomic E-state index is 12.2. The van der Waals surface area contributed by atoms with Gasteiger partial charge in [-0.2, -0.15) is 0 Å². The van der Waals surface area contributed by atoms with Crippen molar-refractivity contribution >= 4 is 34.2 Å². The molecule has 0 aliphatic heterocycles. The van der Waals surface area contributed by atoms with E-state index in [0.29, 0.717) is 16.5 Å². The quantitative estimate of drug-likeness (QED) is 0.704. The summed E-state index contributed by atoms with van der Waals surface area (Å²) in [5.74, 6) is -0.201. The summed E-state index contributed by atoms with van der Waals surface area (Å²) in [4.78, 5) is 19.3. The van der Waals surface area contributed by atoms with Crippen LogP contribution in [0.4, 0.5) is 5.69 Å². The van der Waals surface area contributed by atoms with Crippen LogP contribution in [0.25, 0.3) is 11.0 Å². The van der Waals surface area contributed by atoms with Crippen LogP contribution in [-0.4, -0.2) is 15.9 Å². The van der Waals surface area contributed by atoms with Crippen molar-refractivity contribution in [2.24, 2.45) is 0 Å². The van der Waals surface area contributed by atoms with Gasteiger partial charge in [-0.1, -0.05) is 29.8 Å². The van der Waals surface area contributed by atoms with E-state index in [1.165, 1.54) is 0 Å². The molecule has 4 nitrogen and oxygen atoms in total. The third-order valence-corrected chi connectivity index (χ3v) is 3.29. The number of benzene rings is 1. The molecule has 0 saturated carbocycles. The highest BCUT2D eigenvalue weighted by atomic mass is 35.5. The number of aromatic amines is 1. The number of carbonyl (C=O) groups excluding carboxylic acids is 1. The predicted octanol–water partition coefficient (Wildman–Crippen LogP) is 3.78. The molecule has 1 amide bonds. The summed E-state index contributed by atoms with van der Waals surface area (Å²) in [6, 6.07) is 12.9. The second kappa shape index (κ2) is 4.98. The maximum absolute atomic E-state index is 12.2. The van der Waals surface area contributed by atoms with Gasteiger partial charge in [0.2, 0.25) is 0 Å². The molecule has 0 bridgehead atoms. The van der Waals surface area contributed by atoms with E-state index >= 15 is 0 Å². The molecule has 3 rings (SSSR count). The Hall–Kier alpha value is -2.33. The smallest absolute Gasteiger partial charge is 0.272 e. The Balaban J connectivity index is 1.91. The summed E-state index contributed by atoms with van der Waals surface area (Å²) < 4.78 is 0. The van der Waals surface area contributed by atoms with E-state index in [1.54, 1.807) is 12.1 Å². The lowest BCUT2D eigenvalue weighted by molar-refractivity contribution is 0.102. The molecule has 3 aromatic rings. The molecule has 0 spiro atoms. The van der Waals surface area contributed by atoms with Gasteiger partial charge < -0.3 is 10.3 Å². The molecule has 2 heterocycles. The molecular weight excluding hydrogens is 274 g/mol. The number of amides is 1. The molecule has 0 aliphatic carbocycles. The normalized spacial score (nSPS) is 10.7. The van der Waals surface area contributed by atoms with Crippen molar-refractivity contribution in [2.75, 3.05) is 5.32 Å². The second-order valence-corrected chi connectivity index (χ2v) is 4.91. The van der Waals surface area contributed by atoms with Crippen molar-refractivity contribution in [3.63, 3.8) is 0 Å². The summed E-state index contributed by atoms with van der Waals surface area (Å²) in [6.07, 6.45) is 0. The maximum Gasteiger partial charge on any atom is 0.272 e. The number of rotatable bonds is 2. The lowest BCUT2D eigenvalue weighted by Gasteiger charge is -2.06. The van der Waals surface area contributed by atoms with Crippen LogP contribution in [0.3, 0.4) is 0 Å². The lowest BCUT2D eigenvalue weighted by atomic mass is 10.2. The van der Waals surface area contributed by atoms with Gasteiger partial charge in [0.1, 0.15) is 16.5 Å². The zero-order valence-electron chi connectivity index (χ0n) is 10.8. The molecule has 2 aromatic heterocycles. The van der Waals surface area contributed by atoms with Crippen molar-refractivity contribution < 1.29 is 4.79 Å². The van der Waals surface area contributed by atoms with Crippen LogP contribution >= 0.6 is 11.6 Å². The van der Waals surface area contributed by atoms with Crippen molar-refractivity contribution in [1.29, 1.82) is 0 Å². The highest BCUT2D eigenvalue weighted by Gasteiger charge is 2.11. The van der Waals surface area contributed by atoms with E-state index in [2.05, 4.69) is 15.3 Å². The van der Waals surface area contributed by atoms with Gasteiger partial charge in [-0.15, -0.1) is 0 Å². The first-order chi connectivity index (χ1) is 9.63. The summed E-state index contributed by atoms with van der Waals surface area (Å²) in [5.41, 5.74) is 2.87. The SMILES string of the molecule is Cc1ccccc1NC(=O)c1cc2ccc(Cl)nc2[nH]1. The fourth-order valence-corrected chi connectivity index (χ4v) is 2.15. The lowest BCUT2D eigenvalue weighted by Crippen LogP contribution is -2.12. The van der Waals surface area contributed by atoms with E-state index in [4.69, 9.17) is 11.6 Å². The van der Waals surface area contributed by atoms with Crippen molar-refractivity contribution in [3.05, 3.63) is 58.9 Å². The monoisotopic (exact) mass is 285 g/mol. The minimum absolute atomic E-state index is 0.201. The first-order valence-corrected chi connectivity index (χ1v) is 6.53. The van der Waals surface area contributed by atoms with Gasteiger partial charge in [-0.3, -0.25) is 4.79 Å². The van der Waals surface area contributed by atoms with Gasteiger partial charge in [0.15, 0.2) is 0 Å². The number of halogens is 1. The van der Waals surface area contributed by atoms with E-state index in [-0.39, 0.29) is 5.91 Å². The number of hydrogen-bond acceptors (Lipinski definition) is 2. The average Bonchev–Trinajstić information content (AvgIpc) is 2.84. The number of nitrogens with one attached hydrogen (secondary N) is 2. The number of aromatic nitrogens is 2. The van der Waals surface area contributed by atoms with Crippen LogP contribution in [-0.2, 0) is 0 Å². The Bertz CT molecular complexity index is 795. The van der Waals surface area contributed by atoms with E-state index in [1.807, 2.05) is 37.3 Å². The van der Waals surface area contributed by atoms with Gasteiger partial charge in [-0.05, 0) is 36.8 Å². The number of para-hydroxylation sites is 1. The van der Waals surface area contributed by atoms with Crippen molar-refractivity contribution in [2.45, 2.75) is 6.92 Å². The first-order valence-electron chi connectivity index (χ1n) is 6.16. The highest BCUT2D eigenvalue weighted by Crippen LogP contribution is 2.18. The summed E-state index contributed by atoms with van der Waals surface area (Å²) in [6.45, 7) is 1.95. The topological polar surface area (TPSA) is 57.8 Å². The number of carbonyl (C=O) groups is 1. The fourth-order valence-electron chi connectivity index (χ4n) is 2.01. The van der Waals surface area contributed by atoms with E-state index in [0.717, 1.165) is 16.6 Å². The number of pyridine rings is 1. The Kier molecular flexibility index (Phi) is 3.16. The number of anilines is 1.